The first-order chi connectivity index (χ1) is 14.2. The fourth-order valence-electron chi connectivity index (χ4n) is 3.44. The molecule has 1 aliphatic heterocycles. The molecule has 7 nitrogen and oxygen atoms in total. The van der Waals surface area contributed by atoms with Crippen LogP contribution in [0.2, 0.25) is 0 Å². The number of hydrogen-bond acceptors (Lipinski definition) is 6. The SMILES string of the molecule is CC1CCN(c2ccc(NC(=O)CCc3nc(-c4ccncc4)no3)cc2)CC1. The molecule has 1 amide bonds. The van der Waals surface area contributed by atoms with Crippen LogP contribution in [0.4, 0.5) is 11.4 Å². The molecule has 7 heteroatoms. The van der Waals surface area contributed by atoms with Crippen molar-refractivity contribution in [3.05, 3.63) is 54.7 Å². The van der Waals surface area contributed by atoms with Gasteiger partial charge in [0.15, 0.2) is 0 Å². The lowest BCUT2D eigenvalue weighted by atomic mass is 9.99. The monoisotopic (exact) mass is 391 g/mol. The smallest absolute Gasteiger partial charge is 0.227 e. The molecule has 1 saturated heterocycles. The normalized spacial score (nSPS) is 14.7. The van der Waals surface area contributed by atoms with Crippen molar-refractivity contribution in [3.63, 3.8) is 0 Å². The van der Waals surface area contributed by atoms with Crippen molar-refractivity contribution in [2.75, 3.05) is 23.3 Å². The highest BCUT2D eigenvalue weighted by Gasteiger charge is 2.16. The van der Waals surface area contributed by atoms with Crippen molar-refractivity contribution in [2.24, 2.45) is 5.92 Å². The second kappa shape index (κ2) is 8.86. The van der Waals surface area contributed by atoms with Gasteiger partial charge in [0.05, 0.1) is 0 Å². The predicted molar refractivity (Wildman–Crippen MR) is 112 cm³/mol. The highest BCUT2D eigenvalue weighted by molar-refractivity contribution is 5.90. The Labute approximate surface area is 170 Å². The van der Waals surface area contributed by atoms with E-state index in [9.17, 15) is 4.79 Å². The van der Waals surface area contributed by atoms with E-state index in [2.05, 4.69) is 44.4 Å². The molecular weight excluding hydrogens is 366 g/mol. The van der Waals surface area contributed by atoms with E-state index in [0.29, 0.717) is 18.1 Å². The van der Waals surface area contributed by atoms with Crippen molar-refractivity contribution in [2.45, 2.75) is 32.6 Å². The van der Waals surface area contributed by atoms with E-state index in [1.54, 1.807) is 12.4 Å². The molecule has 29 heavy (non-hydrogen) atoms. The third-order valence-corrected chi connectivity index (χ3v) is 5.27. The summed E-state index contributed by atoms with van der Waals surface area (Å²) in [5, 5.41) is 6.89. The Bertz CT molecular complexity index is 931. The van der Waals surface area contributed by atoms with Gasteiger partial charge in [-0.3, -0.25) is 9.78 Å². The molecule has 0 spiro atoms. The largest absolute Gasteiger partial charge is 0.372 e. The molecule has 0 aliphatic carbocycles. The minimum atomic E-state index is -0.0757. The van der Waals surface area contributed by atoms with Gasteiger partial charge in [0.25, 0.3) is 0 Å². The van der Waals surface area contributed by atoms with Crippen LogP contribution in [0.25, 0.3) is 11.4 Å². The Morgan fingerprint density at radius 2 is 1.86 bits per heavy atom. The zero-order chi connectivity index (χ0) is 20.1. The summed E-state index contributed by atoms with van der Waals surface area (Å²) in [7, 11) is 0. The predicted octanol–water partition coefficient (Wildman–Crippen LogP) is 3.94. The Balaban J connectivity index is 1.27. The number of carbonyl (C=O) groups excluding carboxylic acids is 1. The Morgan fingerprint density at radius 1 is 1.14 bits per heavy atom. The lowest BCUT2D eigenvalue weighted by Gasteiger charge is -2.32. The number of aryl methyl sites for hydroxylation is 1. The molecule has 2 aromatic heterocycles. The van der Waals surface area contributed by atoms with Crippen LogP contribution in [0.15, 0.2) is 53.3 Å². The molecule has 0 atom stereocenters. The maximum absolute atomic E-state index is 12.3. The van der Waals surface area contributed by atoms with Gasteiger partial charge >= 0.3 is 0 Å². The molecule has 3 heterocycles. The van der Waals surface area contributed by atoms with Crippen molar-refractivity contribution < 1.29 is 9.32 Å². The van der Waals surface area contributed by atoms with Gasteiger partial charge in [-0.15, -0.1) is 0 Å². The molecule has 3 aromatic rings. The Hall–Kier alpha value is -3.22. The summed E-state index contributed by atoms with van der Waals surface area (Å²) >= 11 is 0. The first-order valence-electron chi connectivity index (χ1n) is 10.1. The van der Waals surface area contributed by atoms with Crippen LogP contribution in [-0.4, -0.2) is 34.1 Å². The summed E-state index contributed by atoms with van der Waals surface area (Å²) in [6.07, 6.45) is 6.50. The summed E-state index contributed by atoms with van der Waals surface area (Å²) in [4.78, 5) is 23.0. The summed E-state index contributed by atoms with van der Waals surface area (Å²) in [6, 6.07) is 11.7. The van der Waals surface area contributed by atoms with Gasteiger partial charge in [0.1, 0.15) is 0 Å². The van der Waals surface area contributed by atoms with Gasteiger partial charge in [-0.2, -0.15) is 4.98 Å². The molecule has 1 N–H and O–H groups in total. The van der Waals surface area contributed by atoms with Gasteiger partial charge in [-0.05, 0) is 55.2 Å². The number of nitrogens with zero attached hydrogens (tertiary/aromatic N) is 4. The minimum absolute atomic E-state index is 0.0757. The van der Waals surface area contributed by atoms with E-state index < -0.39 is 0 Å². The molecule has 0 radical (unpaired) electrons. The highest BCUT2D eigenvalue weighted by atomic mass is 16.5. The summed E-state index contributed by atoms with van der Waals surface area (Å²) < 4.78 is 5.24. The van der Waals surface area contributed by atoms with Crippen molar-refractivity contribution >= 4 is 17.3 Å². The van der Waals surface area contributed by atoms with E-state index in [1.807, 2.05) is 24.3 Å². The van der Waals surface area contributed by atoms with Gasteiger partial charge in [-0.1, -0.05) is 12.1 Å². The number of piperidine rings is 1. The molecule has 1 aliphatic rings. The fraction of sp³-hybridized carbons (Fsp3) is 0.364. The van der Waals surface area contributed by atoms with E-state index in [1.165, 1.54) is 18.5 Å². The lowest BCUT2D eigenvalue weighted by Crippen LogP contribution is -2.32. The zero-order valence-corrected chi connectivity index (χ0v) is 16.5. The van der Waals surface area contributed by atoms with Crippen LogP contribution >= 0.6 is 0 Å². The third kappa shape index (κ3) is 4.99. The number of anilines is 2. The van der Waals surface area contributed by atoms with Crippen molar-refractivity contribution in [3.8, 4) is 11.4 Å². The van der Waals surface area contributed by atoms with Gasteiger partial charge in [-0.25, -0.2) is 0 Å². The summed E-state index contributed by atoms with van der Waals surface area (Å²) in [5.41, 5.74) is 2.85. The quantitative estimate of drug-likeness (QED) is 0.685. The summed E-state index contributed by atoms with van der Waals surface area (Å²) in [6.45, 7) is 4.50. The molecule has 1 aromatic carbocycles. The van der Waals surface area contributed by atoms with Crippen LogP contribution in [0.1, 0.15) is 32.1 Å². The summed E-state index contributed by atoms with van der Waals surface area (Å²) in [5.74, 6) is 1.68. The maximum atomic E-state index is 12.3. The Morgan fingerprint density at radius 3 is 2.59 bits per heavy atom. The van der Waals surface area contributed by atoms with Crippen LogP contribution in [0.5, 0.6) is 0 Å². The number of pyridine rings is 1. The van der Waals surface area contributed by atoms with Crippen molar-refractivity contribution in [1.82, 2.24) is 15.1 Å². The van der Waals surface area contributed by atoms with Crippen LogP contribution < -0.4 is 10.2 Å². The second-order valence-electron chi connectivity index (χ2n) is 7.51. The van der Waals surface area contributed by atoms with Crippen molar-refractivity contribution in [1.29, 1.82) is 0 Å². The molecule has 0 unspecified atom stereocenters. The fourth-order valence-corrected chi connectivity index (χ4v) is 3.44. The van der Waals surface area contributed by atoms with Crippen LogP contribution in [0, 0.1) is 5.92 Å². The number of amides is 1. The highest BCUT2D eigenvalue weighted by Crippen LogP contribution is 2.24. The average Bonchev–Trinajstić information content (AvgIpc) is 3.23. The van der Waals surface area contributed by atoms with E-state index in [4.69, 9.17) is 4.52 Å². The molecule has 0 saturated carbocycles. The van der Waals surface area contributed by atoms with Gasteiger partial charge < -0.3 is 14.7 Å². The average molecular weight is 391 g/mol. The standard InChI is InChI=1S/C22H25N5O2/c1-16-10-14-27(15-11-16)19-4-2-18(3-5-19)24-20(28)6-7-21-25-22(26-29-21)17-8-12-23-13-9-17/h2-5,8-9,12-13,16H,6-7,10-11,14-15H2,1H3,(H,24,28). The van der Waals surface area contributed by atoms with E-state index in [-0.39, 0.29) is 12.3 Å². The van der Waals surface area contributed by atoms with Gasteiger partial charge in [0.2, 0.25) is 17.6 Å². The minimum Gasteiger partial charge on any atom is -0.372 e. The number of nitrogens with one attached hydrogen (secondary N) is 1. The third-order valence-electron chi connectivity index (χ3n) is 5.27. The number of carbonyl (C=O) groups is 1. The zero-order valence-electron chi connectivity index (χ0n) is 16.5. The van der Waals surface area contributed by atoms with Crippen LogP contribution in [-0.2, 0) is 11.2 Å². The Kier molecular flexibility index (Phi) is 5.84. The molecule has 1 fully saturated rings. The number of aromatic nitrogens is 3. The molecular formula is C22H25N5O2. The second-order valence-corrected chi connectivity index (χ2v) is 7.51. The van der Waals surface area contributed by atoms with Gasteiger partial charge in [0, 0.05) is 55.3 Å². The number of rotatable bonds is 6. The molecule has 4 rings (SSSR count). The molecule has 0 bridgehead atoms. The molecule has 150 valence electrons. The lowest BCUT2D eigenvalue weighted by molar-refractivity contribution is -0.116. The first-order valence-corrected chi connectivity index (χ1v) is 10.1. The van der Waals surface area contributed by atoms with E-state index in [0.717, 1.165) is 30.3 Å². The maximum Gasteiger partial charge on any atom is 0.227 e. The van der Waals surface area contributed by atoms with E-state index >= 15 is 0 Å². The van der Waals surface area contributed by atoms with Crippen LogP contribution in [0.3, 0.4) is 0 Å². The topological polar surface area (TPSA) is 84.2 Å². The first kappa shape index (κ1) is 19.1. The number of benzene rings is 1. The number of hydrogen-bond donors (Lipinski definition) is 1.